The average molecular weight is 300 g/mol. The van der Waals surface area contributed by atoms with Crippen molar-refractivity contribution in [3.05, 3.63) is 57.3 Å². The lowest BCUT2D eigenvalue weighted by atomic mass is 10.00. The summed E-state index contributed by atoms with van der Waals surface area (Å²) in [5, 5.41) is 2.11. The molecule has 0 bridgehead atoms. The van der Waals surface area contributed by atoms with Gasteiger partial charge >= 0.3 is 5.97 Å². The van der Waals surface area contributed by atoms with Crippen LogP contribution in [0.3, 0.4) is 0 Å². The number of aryl methyl sites for hydroxylation is 1. The number of hydrogen-bond donors (Lipinski definition) is 0. The minimum Gasteiger partial charge on any atom is -0.448 e. The summed E-state index contributed by atoms with van der Waals surface area (Å²) in [7, 11) is 0. The molecule has 2 nitrogen and oxygen atoms in total. The summed E-state index contributed by atoms with van der Waals surface area (Å²) in [6, 6.07) is 9.91. The van der Waals surface area contributed by atoms with Crippen LogP contribution in [-0.2, 0) is 11.2 Å². The fourth-order valence-electron chi connectivity index (χ4n) is 2.87. The van der Waals surface area contributed by atoms with E-state index in [1.807, 2.05) is 24.3 Å². The standard InChI is InChI=1S/C18H20O2S/c1-2-3-4-5-8-13-11-12-21-17(13)16-14-9-6-7-10-15(14)18(19)20-16/h6-7,9-12,16H,2-5,8H2,1H3. The van der Waals surface area contributed by atoms with Gasteiger partial charge < -0.3 is 4.74 Å². The van der Waals surface area contributed by atoms with E-state index in [0.717, 1.165) is 12.0 Å². The number of ether oxygens (including phenoxy) is 1. The van der Waals surface area contributed by atoms with Gasteiger partial charge in [0.1, 0.15) is 0 Å². The molecule has 1 aromatic heterocycles. The molecule has 0 radical (unpaired) electrons. The Morgan fingerprint density at radius 1 is 1.14 bits per heavy atom. The Morgan fingerprint density at radius 2 is 2.00 bits per heavy atom. The first-order valence-corrected chi connectivity index (χ1v) is 8.55. The van der Waals surface area contributed by atoms with E-state index in [2.05, 4.69) is 18.4 Å². The Labute approximate surface area is 129 Å². The van der Waals surface area contributed by atoms with Gasteiger partial charge in [0.15, 0.2) is 6.10 Å². The lowest BCUT2D eigenvalue weighted by molar-refractivity contribution is 0.0460. The van der Waals surface area contributed by atoms with Crippen molar-refractivity contribution in [2.75, 3.05) is 0 Å². The molecular formula is C18H20O2S. The van der Waals surface area contributed by atoms with E-state index in [9.17, 15) is 4.79 Å². The van der Waals surface area contributed by atoms with Crippen LogP contribution in [0.25, 0.3) is 0 Å². The van der Waals surface area contributed by atoms with Gasteiger partial charge in [-0.2, -0.15) is 0 Å². The first kappa shape index (κ1) is 14.3. The molecule has 2 aromatic rings. The molecule has 0 saturated heterocycles. The van der Waals surface area contributed by atoms with Gasteiger partial charge in [-0.05, 0) is 35.9 Å². The molecule has 0 spiro atoms. The van der Waals surface area contributed by atoms with E-state index in [1.54, 1.807) is 11.3 Å². The molecule has 0 saturated carbocycles. The van der Waals surface area contributed by atoms with Crippen LogP contribution in [0, 0.1) is 0 Å². The van der Waals surface area contributed by atoms with Gasteiger partial charge in [0.05, 0.1) is 10.4 Å². The highest BCUT2D eigenvalue weighted by Crippen LogP contribution is 2.39. The van der Waals surface area contributed by atoms with Crippen molar-refractivity contribution in [3.8, 4) is 0 Å². The molecule has 110 valence electrons. The summed E-state index contributed by atoms with van der Waals surface area (Å²) in [6.07, 6.45) is 5.90. The number of rotatable bonds is 6. The van der Waals surface area contributed by atoms with E-state index >= 15 is 0 Å². The van der Waals surface area contributed by atoms with Crippen LogP contribution < -0.4 is 0 Å². The normalized spacial score (nSPS) is 16.8. The molecule has 0 fully saturated rings. The molecule has 0 N–H and O–H groups in total. The molecule has 2 heterocycles. The van der Waals surface area contributed by atoms with Crippen LogP contribution in [-0.4, -0.2) is 5.97 Å². The van der Waals surface area contributed by atoms with Gasteiger partial charge in [0, 0.05) is 5.56 Å². The zero-order chi connectivity index (χ0) is 14.7. The van der Waals surface area contributed by atoms with E-state index in [-0.39, 0.29) is 12.1 Å². The summed E-state index contributed by atoms with van der Waals surface area (Å²) in [6.45, 7) is 2.23. The third kappa shape index (κ3) is 2.88. The van der Waals surface area contributed by atoms with Gasteiger partial charge in [-0.25, -0.2) is 4.79 Å². The van der Waals surface area contributed by atoms with Crippen LogP contribution >= 0.6 is 11.3 Å². The molecular weight excluding hydrogens is 280 g/mol. The Balaban J connectivity index is 1.79. The maximum Gasteiger partial charge on any atom is 0.339 e. The van der Waals surface area contributed by atoms with Crippen LogP contribution in [0.4, 0.5) is 0 Å². The van der Waals surface area contributed by atoms with Crippen LogP contribution in [0.15, 0.2) is 35.7 Å². The number of cyclic esters (lactones) is 1. The highest BCUT2D eigenvalue weighted by atomic mass is 32.1. The van der Waals surface area contributed by atoms with Crippen molar-refractivity contribution in [2.45, 2.75) is 45.1 Å². The topological polar surface area (TPSA) is 26.3 Å². The second-order valence-electron chi connectivity index (χ2n) is 5.49. The van der Waals surface area contributed by atoms with Crippen LogP contribution in [0.2, 0.25) is 0 Å². The number of thiophene rings is 1. The Hall–Kier alpha value is -1.61. The van der Waals surface area contributed by atoms with Crippen molar-refractivity contribution in [2.24, 2.45) is 0 Å². The summed E-state index contributed by atoms with van der Waals surface area (Å²) in [5.74, 6) is -0.194. The minimum atomic E-state index is -0.199. The van der Waals surface area contributed by atoms with Gasteiger partial charge in [-0.1, -0.05) is 44.4 Å². The third-order valence-corrected chi connectivity index (χ3v) is 5.01. The molecule has 1 aliphatic heterocycles. The molecule has 1 atom stereocenters. The highest BCUT2D eigenvalue weighted by Gasteiger charge is 2.33. The van der Waals surface area contributed by atoms with Gasteiger partial charge in [0.25, 0.3) is 0 Å². The summed E-state index contributed by atoms with van der Waals surface area (Å²) < 4.78 is 5.62. The monoisotopic (exact) mass is 300 g/mol. The van der Waals surface area contributed by atoms with E-state index in [0.29, 0.717) is 5.56 Å². The van der Waals surface area contributed by atoms with Crippen LogP contribution in [0.1, 0.15) is 65.1 Å². The molecule has 0 amide bonds. The number of hydrogen-bond acceptors (Lipinski definition) is 3. The van der Waals surface area contributed by atoms with Crippen molar-refractivity contribution in [3.63, 3.8) is 0 Å². The zero-order valence-electron chi connectivity index (χ0n) is 12.3. The van der Waals surface area contributed by atoms with E-state index < -0.39 is 0 Å². The largest absolute Gasteiger partial charge is 0.448 e. The van der Waals surface area contributed by atoms with Gasteiger partial charge in [-0.3, -0.25) is 0 Å². The number of esters is 1. The number of carbonyl (C=O) groups excluding carboxylic acids is 1. The molecule has 1 aromatic carbocycles. The summed E-state index contributed by atoms with van der Waals surface area (Å²) >= 11 is 1.70. The number of unbranched alkanes of at least 4 members (excludes halogenated alkanes) is 3. The first-order chi connectivity index (χ1) is 10.3. The van der Waals surface area contributed by atoms with Crippen molar-refractivity contribution in [1.82, 2.24) is 0 Å². The van der Waals surface area contributed by atoms with Crippen molar-refractivity contribution in [1.29, 1.82) is 0 Å². The summed E-state index contributed by atoms with van der Waals surface area (Å²) in [4.78, 5) is 13.2. The van der Waals surface area contributed by atoms with Crippen molar-refractivity contribution >= 4 is 17.3 Å². The Morgan fingerprint density at radius 3 is 2.86 bits per heavy atom. The zero-order valence-corrected chi connectivity index (χ0v) is 13.1. The van der Waals surface area contributed by atoms with Crippen LogP contribution in [0.5, 0.6) is 0 Å². The fraction of sp³-hybridized carbons (Fsp3) is 0.389. The number of fused-ring (bicyclic) bond motifs is 1. The quantitative estimate of drug-likeness (QED) is 0.546. The lowest BCUT2D eigenvalue weighted by Crippen LogP contribution is -2.01. The number of benzene rings is 1. The SMILES string of the molecule is CCCCCCc1ccsc1C1OC(=O)c2ccccc21. The number of carbonyl (C=O) groups is 1. The molecule has 1 aliphatic rings. The Kier molecular flexibility index (Phi) is 4.39. The maximum absolute atomic E-state index is 12.0. The Bertz CT molecular complexity index is 630. The predicted octanol–water partition coefficient (Wildman–Crippen LogP) is 5.13. The van der Waals surface area contributed by atoms with E-state index in [4.69, 9.17) is 4.74 Å². The summed E-state index contributed by atoms with van der Waals surface area (Å²) in [5.41, 5.74) is 3.07. The highest BCUT2D eigenvalue weighted by molar-refractivity contribution is 7.10. The smallest absolute Gasteiger partial charge is 0.339 e. The molecule has 21 heavy (non-hydrogen) atoms. The van der Waals surface area contributed by atoms with Crippen molar-refractivity contribution < 1.29 is 9.53 Å². The lowest BCUT2D eigenvalue weighted by Gasteiger charge is -2.11. The first-order valence-electron chi connectivity index (χ1n) is 7.67. The second-order valence-corrected chi connectivity index (χ2v) is 6.44. The molecule has 0 aliphatic carbocycles. The maximum atomic E-state index is 12.0. The molecule has 3 rings (SSSR count). The predicted molar refractivity (Wildman–Crippen MR) is 85.9 cm³/mol. The average Bonchev–Trinajstić information content (AvgIpc) is 3.09. The third-order valence-electron chi connectivity index (χ3n) is 4.01. The van der Waals surface area contributed by atoms with Gasteiger partial charge in [-0.15, -0.1) is 11.3 Å². The fourth-order valence-corrected chi connectivity index (χ4v) is 3.87. The van der Waals surface area contributed by atoms with Gasteiger partial charge in [0.2, 0.25) is 0 Å². The minimum absolute atomic E-state index is 0.194. The molecule has 3 heteroatoms. The second kappa shape index (κ2) is 6.44. The van der Waals surface area contributed by atoms with E-state index in [1.165, 1.54) is 36.1 Å². The molecule has 1 unspecified atom stereocenters.